The second-order valence-corrected chi connectivity index (χ2v) is 5.08. The van der Waals surface area contributed by atoms with Crippen LogP contribution in [-0.4, -0.2) is 19.8 Å². The molecule has 0 aliphatic carbocycles. The van der Waals surface area contributed by atoms with Crippen LogP contribution in [0.15, 0.2) is 18.2 Å². The van der Waals surface area contributed by atoms with Gasteiger partial charge in [0.05, 0.1) is 0 Å². The van der Waals surface area contributed by atoms with Crippen LogP contribution in [-0.2, 0) is 4.74 Å². The molecule has 1 heterocycles. The Morgan fingerprint density at radius 1 is 1.50 bits per heavy atom. The Bertz CT molecular complexity index is 388. The first kappa shape index (κ1) is 13.5. The van der Waals surface area contributed by atoms with Crippen LogP contribution in [0.4, 0.5) is 4.39 Å². The molecule has 0 amide bonds. The van der Waals surface area contributed by atoms with Crippen LogP contribution in [0.1, 0.15) is 36.9 Å². The van der Waals surface area contributed by atoms with Gasteiger partial charge in [-0.1, -0.05) is 13.0 Å². The Kier molecular flexibility index (Phi) is 4.72. The van der Waals surface area contributed by atoms with Gasteiger partial charge < -0.3 is 10.1 Å². The van der Waals surface area contributed by atoms with E-state index in [1.807, 2.05) is 13.0 Å². The second kappa shape index (κ2) is 6.30. The maximum absolute atomic E-state index is 13.2. The first-order valence-electron chi connectivity index (χ1n) is 6.78. The van der Waals surface area contributed by atoms with Crippen molar-refractivity contribution in [2.45, 2.75) is 32.7 Å². The summed E-state index contributed by atoms with van der Waals surface area (Å²) in [5, 5.41) is 3.51. The molecule has 1 aromatic carbocycles. The smallest absolute Gasteiger partial charge is 0.123 e. The Morgan fingerprint density at radius 3 is 2.94 bits per heavy atom. The predicted molar refractivity (Wildman–Crippen MR) is 71.1 cm³/mol. The first-order valence-corrected chi connectivity index (χ1v) is 6.78. The fourth-order valence-electron chi connectivity index (χ4n) is 2.70. The minimum atomic E-state index is -0.157. The van der Waals surface area contributed by atoms with E-state index in [0.29, 0.717) is 12.0 Å². The maximum atomic E-state index is 13.2. The molecule has 0 saturated carbocycles. The van der Waals surface area contributed by atoms with Gasteiger partial charge in [-0.05, 0) is 55.5 Å². The average Bonchev–Trinajstić information content (AvgIpc) is 2.81. The molecule has 1 fully saturated rings. The molecule has 2 nitrogen and oxygen atoms in total. The molecule has 3 heteroatoms. The van der Waals surface area contributed by atoms with E-state index in [0.717, 1.165) is 38.2 Å². The maximum Gasteiger partial charge on any atom is 0.123 e. The fraction of sp³-hybridized carbons (Fsp3) is 0.600. The molecule has 18 heavy (non-hydrogen) atoms. The zero-order valence-electron chi connectivity index (χ0n) is 11.2. The van der Waals surface area contributed by atoms with Gasteiger partial charge in [-0.15, -0.1) is 0 Å². The Hall–Kier alpha value is -0.930. The van der Waals surface area contributed by atoms with Gasteiger partial charge in [-0.3, -0.25) is 0 Å². The molecule has 2 rings (SSSR count). The summed E-state index contributed by atoms with van der Waals surface area (Å²) in [5.41, 5.74) is 2.24. The Morgan fingerprint density at radius 2 is 2.33 bits per heavy atom. The summed E-state index contributed by atoms with van der Waals surface area (Å²) < 4.78 is 18.6. The van der Waals surface area contributed by atoms with Crippen LogP contribution in [0.3, 0.4) is 0 Å². The number of halogens is 1. The summed E-state index contributed by atoms with van der Waals surface area (Å²) in [7, 11) is 0. The third kappa shape index (κ3) is 3.30. The summed E-state index contributed by atoms with van der Waals surface area (Å²) in [5.74, 6) is 0.467. The summed E-state index contributed by atoms with van der Waals surface area (Å²) >= 11 is 0. The van der Waals surface area contributed by atoms with Crippen molar-refractivity contribution >= 4 is 0 Å². The average molecular weight is 251 g/mol. The number of benzene rings is 1. The van der Waals surface area contributed by atoms with Crippen LogP contribution in [0.2, 0.25) is 0 Å². The van der Waals surface area contributed by atoms with Crippen molar-refractivity contribution in [3.05, 3.63) is 35.1 Å². The van der Waals surface area contributed by atoms with Gasteiger partial charge in [0, 0.05) is 19.3 Å². The molecule has 1 aromatic rings. The van der Waals surface area contributed by atoms with Crippen LogP contribution in [0.5, 0.6) is 0 Å². The molecule has 1 aliphatic rings. The van der Waals surface area contributed by atoms with Crippen LogP contribution < -0.4 is 5.32 Å². The van der Waals surface area contributed by atoms with Gasteiger partial charge >= 0.3 is 0 Å². The number of aryl methyl sites for hydroxylation is 1. The zero-order chi connectivity index (χ0) is 13.0. The van der Waals surface area contributed by atoms with E-state index in [9.17, 15) is 4.39 Å². The predicted octanol–water partition coefficient (Wildman–Crippen LogP) is 3.21. The van der Waals surface area contributed by atoms with Gasteiger partial charge in [0.15, 0.2) is 0 Å². The van der Waals surface area contributed by atoms with E-state index in [1.165, 1.54) is 5.56 Å². The summed E-state index contributed by atoms with van der Waals surface area (Å²) in [6.07, 6.45) is 2.21. The second-order valence-electron chi connectivity index (χ2n) is 5.08. The van der Waals surface area contributed by atoms with E-state index in [2.05, 4.69) is 12.2 Å². The lowest BCUT2D eigenvalue weighted by Gasteiger charge is -2.23. The largest absolute Gasteiger partial charge is 0.381 e. The van der Waals surface area contributed by atoms with Crippen molar-refractivity contribution < 1.29 is 9.13 Å². The Balaban J connectivity index is 2.12. The standard InChI is InChI=1S/C15H22FNO/c1-3-17-15(9-12-6-7-18-10-12)14-5-4-13(16)8-11(14)2/h4-5,8,12,15,17H,3,6-7,9-10H2,1-2H3. The van der Waals surface area contributed by atoms with Crippen molar-refractivity contribution in [1.82, 2.24) is 5.32 Å². The van der Waals surface area contributed by atoms with E-state index < -0.39 is 0 Å². The van der Waals surface area contributed by atoms with Gasteiger partial charge in [0.2, 0.25) is 0 Å². The molecule has 1 N–H and O–H groups in total. The van der Waals surface area contributed by atoms with E-state index in [-0.39, 0.29) is 5.82 Å². The molecule has 100 valence electrons. The van der Waals surface area contributed by atoms with Crippen molar-refractivity contribution in [2.24, 2.45) is 5.92 Å². The van der Waals surface area contributed by atoms with Gasteiger partial charge in [0.1, 0.15) is 5.82 Å². The highest BCUT2D eigenvalue weighted by atomic mass is 19.1. The number of hydrogen-bond acceptors (Lipinski definition) is 2. The quantitative estimate of drug-likeness (QED) is 0.867. The third-order valence-electron chi connectivity index (χ3n) is 3.65. The highest BCUT2D eigenvalue weighted by molar-refractivity contribution is 5.29. The van der Waals surface area contributed by atoms with E-state index in [4.69, 9.17) is 4.74 Å². The monoisotopic (exact) mass is 251 g/mol. The minimum Gasteiger partial charge on any atom is -0.381 e. The van der Waals surface area contributed by atoms with E-state index in [1.54, 1.807) is 12.1 Å². The lowest BCUT2D eigenvalue weighted by Crippen LogP contribution is -2.24. The summed E-state index contributed by atoms with van der Waals surface area (Å²) in [4.78, 5) is 0. The molecule has 2 atom stereocenters. The molecule has 0 bridgehead atoms. The third-order valence-corrected chi connectivity index (χ3v) is 3.65. The molecular formula is C15H22FNO. The van der Waals surface area contributed by atoms with Crippen molar-refractivity contribution in [3.8, 4) is 0 Å². The van der Waals surface area contributed by atoms with Crippen LogP contribution in [0, 0.1) is 18.7 Å². The molecule has 0 aromatic heterocycles. The molecule has 1 saturated heterocycles. The molecule has 2 unspecified atom stereocenters. The lowest BCUT2D eigenvalue weighted by molar-refractivity contribution is 0.181. The SMILES string of the molecule is CCNC(CC1CCOC1)c1ccc(F)cc1C. The van der Waals surface area contributed by atoms with E-state index >= 15 is 0 Å². The topological polar surface area (TPSA) is 21.3 Å². The fourth-order valence-corrected chi connectivity index (χ4v) is 2.70. The number of ether oxygens (including phenoxy) is 1. The van der Waals surface area contributed by atoms with Crippen LogP contribution >= 0.6 is 0 Å². The normalized spacial score (nSPS) is 21.2. The van der Waals surface area contributed by atoms with Crippen molar-refractivity contribution in [1.29, 1.82) is 0 Å². The minimum absolute atomic E-state index is 0.157. The summed E-state index contributed by atoms with van der Waals surface area (Å²) in [6.45, 7) is 6.76. The highest BCUT2D eigenvalue weighted by Gasteiger charge is 2.22. The van der Waals surface area contributed by atoms with Crippen molar-refractivity contribution in [3.63, 3.8) is 0 Å². The Labute approximate surface area is 109 Å². The number of rotatable bonds is 5. The lowest BCUT2D eigenvalue weighted by atomic mass is 9.91. The van der Waals surface area contributed by atoms with Gasteiger partial charge in [0.25, 0.3) is 0 Å². The first-order chi connectivity index (χ1) is 8.70. The van der Waals surface area contributed by atoms with Crippen molar-refractivity contribution in [2.75, 3.05) is 19.8 Å². The number of hydrogen-bond donors (Lipinski definition) is 1. The van der Waals surface area contributed by atoms with Gasteiger partial charge in [-0.2, -0.15) is 0 Å². The van der Waals surface area contributed by atoms with Crippen LogP contribution in [0.25, 0.3) is 0 Å². The number of nitrogens with one attached hydrogen (secondary N) is 1. The van der Waals surface area contributed by atoms with Gasteiger partial charge in [-0.25, -0.2) is 4.39 Å². The highest BCUT2D eigenvalue weighted by Crippen LogP contribution is 2.28. The summed E-state index contributed by atoms with van der Waals surface area (Å²) in [6, 6.07) is 5.39. The molecule has 0 spiro atoms. The zero-order valence-corrected chi connectivity index (χ0v) is 11.2. The molecular weight excluding hydrogens is 229 g/mol. The molecule has 0 radical (unpaired) electrons. The molecule has 1 aliphatic heterocycles.